The van der Waals surface area contributed by atoms with Gasteiger partial charge in [-0.15, -0.1) is 0 Å². The van der Waals surface area contributed by atoms with Crippen molar-refractivity contribution in [1.82, 2.24) is 0 Å². The van der Waals surface area contributed by atoms with Crippen molar-refractivity contribution in [2.24, 2.45) is 11.7 Å². The lowest BCUT2D eigenvalue weighted by Crippen LogP contribution is -2.29. The van der Waals surface area contributed by atoms with Gasteiger partial charge in [-0.3, -0.25) is 4.79 Å². The van der Waals surface area contributed by atoms with Crippen molar-refractivity contribution >= 4 is 5.78 Å². The SMILES string of the molecule is CC(C)=CC(=O)C(C)C(C)N. The van der Waals surface area contributed by atoms with E-state index >= 15 is 0 Å². The van der Waals surface area contributed by atoms with Crippen LogP contribution in [0.5, 0.6) is 0 Å². The Kier molecular flexibility index (Phi) is 4.04. The van der Waals surface area contributed by atoms with Gasteiger partial charge in [-0.05, 0) is 26.8 Å². The number of allylic oxidation sites excluding steroid dienone is 2. The first-order valence-electron chi connectivity index (χ1n) is 3.89. The summed E-state index contributed by atoms with van der Waals surface area (Å²) in [5.74, 6) is 0.0601. The van der Waals surface area contributed by atoms with Crippen LogP contribution >= 0.6 is 0 Å². The molecule has 0 aliphatic heterocycles. The van der Waals surface area contributed by atoms with E-state index in [1.165, 1.54) is 0 Å². The molecule has 0 aromatic heterocycles. The van der Waals surface area contributed by atoms with E-state index in [4.69, 9.17) is 5.73 Å². The van der Waals surface area contributed by atoms with Crippen LogP contribution in [0.15, 0.2) is 11.6 Å². The molecule has 0 heterocycles. The summed E-state index contributed by atoms with van der Waals surface area (Å²) < 4.78 is 0. The lowest BCUT2D eigenvalue weighted by atomic mass is 9.98. The molecule has 0 aromatic rings. The van der Waals surface area contributed by atoms with E-state index in [1.54, 1.807) is 6.08 Å². The van der Waals surface area contributed by atoms with Gasteiger partial charge in [0.05, 0.1) is 0 Å². The summed E-state index contributed by atoms with van der Waals surface area (Å²) in [5, 5.41) is 0. The van der Waals surface area contributed by atoms with E-state index < -0.39 is 0 Å². The van der Waals surface area contributed by atoms with E-state index in [0.717, 1.165) is 5.57 Å². The predicted molar refractivity (Wildman–Crippen MR) is 47.3 cm³/mol. The molecule has 0 spiro atoms. The quantitative estimate of drug-likeness (QED) is 0.628. The van der Waals surface area contributed by atoms with E-state index in [2.05, 4.69) is 0 Å². The molecule has 0 radical (unpaired) electrons. The number of hydrogen-bond acceptors (Lipinski definition) is 2. The monoisotopic (exact) mass is 155 g/mol. The van der Waals surface area contributed by atoms with Crippen LogP contribution in [-0.2, 0) is 4.79 Å². The molecule has 0 fully saturated rings. The van der Waals surface area contributed by atoms with Crippen LogP contribution in [0.1, 0.15) is 27.7 Å². The average Bonchev–Trinajstić information content (AvgIpc) is 1.84. The molecule has 0 saturated carbocycles. The van der Waals surface area contributed by atoms with Crippen molar-refractivity contribution in [3.05, 3.63) is 11.6 Å². The van der Waals surface area contributed by atoms with Gasteiger partial charge < -0.3 is 5.73 Å². The zero-order valence-corrected chi connectivity index (χ0v) is 7.72. The molecule has 2 N–H and O–H groups in total. The fourth-order valence-electron chi connectivity index (χ4n) is 0.675. The van der Waals surface area contributed by atoms with Crippen molar-refractivity contribution < 1.29 is 4.79 Å². The third-order valence-electron chi connectivity index (χ3n) is 1.67. The summed E-state index contributed by atoms with van der Waals surface area (Å²) in [6, 6.07) is -0.0573. The molecule has 2 nitrogen and oxygen atoms in total. The van der Waals surface area contributed by atoms with Crippen LogP contribution < -0.4 is 5.73 Å². The molecule has 2 unspecified atom stereocenters. The standard InChI is InChI=1S/C9H17NO/c1-6(2)5-9(11)7(3)8(4)10/h5,7-8H,10H2,1-4H3. The zero-order chi connectivity index (χ0) is 9.02. The van der Waals surface area contributed by atoms with Crippen LogP contribution in [0.4, 0.5) is 0 Å². The number of hydrogen-bond donors (Lipinski definition) is 1. The van der Waals surface area contributed by atoms with E-state index in [0.29, 0.717) is 0 Å². The van der Waals surface area contributed by atoms with Gasteiger partial charge in [0.15, 0.2) is 5.78 Å². The van der Waals surface area contributed by atoms with Crippen LogP contribution in [0.3, 0.4) is 0 Å². The van der Waals surface area contributed by atoms with E-state index in [9.17, 15) is 4.79 Å². The van der Waals surface area contributed by atoms with Gasteiger partial charge in [-0.1, -0.05) is 12.5 Å². The number of carbonyl (C=O) groups is 1. The molecule has 0 bridgehead atoms. The molecular weight excluding hydrogens is 138 g/mol. The summed E-state index contributed by atoms with van der Waals surface area (Å²) in [6.07, 6.45) is 1.65. The summed E-state index contributed by atoms with van der Waals surface area (Å²) in [5.41, 5.74) is 6.59. The van der Waals surface area contributed by atoms with Crippen molar-refractivity contribution in [2.75, 3.05) is 0 Å². The highest BCUT2D eigenvalue weighted by molar-refractivity contribution is 5.92. The second-order valence-electron chi connectivity index (χ2n) is 3.27. The lowest BCUT2D eigenvalue weighted by Gasteiger charge is -2.11. The maximum absolute atomic E-state index is 11.2. The molecular formula is C9H17NO. The maximum Gasteiger partial charge on any atom is 0.159 e. The normalized spacial score (nSPS) is 15.4. The highest BCUT2D eigenvalue weighted by Gasteiger charge is 2.13. The van der Waals surface area contributed by atoms with Crippen LogP contribution in [0.25, 0.3) is 0 Å². The maximum atomic E-state index is 11.2. The minimum Gasteiger partial charge on any atom is -0.327 e. The summed E-state index contributed by atoms with van der Waals surface area (Å²) in [6.45, 7) is 7.52. The zero-order valence-electron chi connectivity index (χ0n) is 7.72. The van der Waals surface area contributed by atoms with Crippen molar-refractivity contribution in [1.29, 1.82) is 0 Å². The van der Waals surface area contributed by atoms with Gasteiger partial charge >= 0.3 is 0 Å². The highest BCUT2D eigenvalue weighted by atomic mass is 16.1. The van der Waals surface area contributed by atoms with E-state index in [1.807, 2.05) is 27.7 Å². The smallest absolute Gasteiger partial charge is 0.159 e. The molecule has 2 heteroatoms. The van der Waals surface area contributed by atoms with Gasteiger partial charge in [0.2, 0.25) is 0 Å². The molecule has 64 valence electrons. The Morgan fingerprint density at radius 2 is 1.82 bits per heavy atom. The molecule has 0 saturated heterocycles. The predicted octanol–water partition coefficient (Wildman–Crippen LogP) is 1.50. The average molecular weight is 155 g/mol. The van der Waals surface area contributed by atoms with Gasteiger partial charge in [0.1, 0.15) is 0 Å². The number of carbonyl (C=O) groups excluding carboxylic acids is 1. The highest BCUT2D eigenvalue weighted by Crippen LogP contribution is 2.04. The molecule has 0 aliphatic carbocycles. The van der Waals surface area contributed by atoms with Gasteiger partial charge in [0, 0.05) is 12.0 Å². The third-order valence-corrected chi connectivity index (χ3v) is 1.67. The molecule has 11 heavy (non-hydrogen) atoms. The Labute approximate surface area is 68.5 Å². The molecule has 0 aliphatic rings. The van der Waals surface area contributed by atoms with Crippen LogP contribution in [0.2, 0.25) is 0 Å². The van der Waals surface area contributed by atoms with E-state index in [-0.39, 0.29) is 17.7 Å². The van der Waals surface area contributed by atoms with Crippen molar-refractivity contribution in [3.63, 3.8) is 0 Å². The third kappa shape index (κ3) is 3.94. The first-order valence-corrected chi connectivity index (χ1v) is 3.89. The van der Waals surface area contributed by atoms with Gasteiger partial charge in [-0.2, -0.15) is 0 Å². The lowest BCUT2D eigenvalue weighted by molar-refractivity contribution is -0.118. The molecule has 0 aromatic carbocycles. The first kappa shape index (κ1) is 10.4. The van der Waals surface area contributed by atoms with Crippen LogP contribution in [0, 0.1) is 5.92 Å². The minimum absolute atomic E-state index is 0.0573. The number of nitrogens with two attached hydrogens (primary N) is 1. The summed E-state index contributed by atoms with van der Waals surface area (Å²) in [7, 11) is 0. The Balaban J connectivity index is 4.15. The molecule has 0 amide bonds. The summed E-state index contributed by atoms with van der Waals surface area (Å²) >= 11 is 0. The molecule has 2 atom stereocenters. The number of ketones is 1. The largest absolute Gasteiger partial charge is 0.327 e. The van der Waals surface area contributed by atoms with Crippen molar-refractivity contribution in [2.45, 2.75) is 33.7 Å². The Morgan fingerprint density at radius 3 is 2.09 bits per heavy atom. The second kappa shape index (κ2) is 4.29. The second-order valence-corrected chi connectivity index (χ2v) is 3.27. The van der Waals surface area contributed by atoms with Crippen LogP contribution in [-0.4, -0.2) is 11.8 Å². The van der Waals surface area contributed by atoms with Crippen molar-refractivity contribution in [3.8, 4) is 0 Å². The molecule has 0 rings (SSSR count). The first-order chi connectivity index (χ1) is 4.95. The topological polar surface area (TPSA) is 43.1 Å². The Morgan fingerprint density at radius 1 is 1.36 bits per heavy atom. The summed E-state index contributed by atoms with van der Waals surface area (Å²) in [4.78, 5) is 11.2. The fraction of sp³-hybridized carbons (Fsp3) is 0.667. The Bertz CT molecular complexity index is 166. The van der Waals surface area contributed by atoms with Gasteiger partial charge in [-0.25, -0.2) is 0 Å². The van der Waals surface area contributed by atoms with Gasteiger partial charge in [0.25, 0.3) is 0 Å². The minimum atomic E-state index is -0.0649. The fourth-order valence-corrected chi connectivity index (χ4v) is 0.675. The number of rotatable bonds is 3. The Hall–Kier alpha value is -0.630.